The van der Waals surface area contributed by atoms with E-state index in [1.165, 1.54) is 0 Å². The summed E-state index contributed by atoms with van der Waals surface area (Å²) in [5.41, 5.74) is 1.30. The maximum atomic E-state index is 13.1. The van der Waals surface area contributed by atoms with Crippen molar-refractivity contribution in [2.75, 3.05) is 7.11 Å². The Balaban J connectivity index is 1.96. The Labute approximate surface area is 161 Å². The van der Waals surface area contributed by atoms with Crippen LogP contribution in [-0.2, 0) is 10.0 Å². The summed E-state index contributed by atoms with van der Waals surface area (Å²) in [6.45, 7) is 5.99. The molecule has 6 heteroatoms. The number of methoxy groups -OCH3 is 1. The van der Waals surface area contributed by atoms with Crippen LogP contribution in [0.25, 0.3) is 0 Å². The Bertz CT molecular complexity index is 920. The fraction of sp³-hybridized carbons (Fsp3) is 0.429. The molecule has 146 valence electrons. The van der Waals surface area contributed by atoms with Gasteiger partial charge in [-0.15, -0.1) is 0 Å². The van der Waals surface area contributed by atoms with Crippen molar-refractivity contribution in [1.29, 1.82) is 0 Å². The van der Waals surface area contributed by atoms with Gasteiger partial charge in [0.2, 0.25) is 10.0 Å². The van der Waals surface area contributed by atoms with E-state index >= 15 is 0 Å². The van der Waals surface area contributed by atoms with Gasteiger partial charge in [0.1, 0.15) is 17.1 Å². The molecular weight excluding hydrogens is 362 g/mol. The summed E-state index contributed by atoms with van der Waals surface area (Å²) in [6, 6.07) is 12.2. The molecule has 0 fully saturated rings. The second kappa shape index (κ2) is 7.52. The number of hydrogen-bond donors (Lipinski definition) is 1. The first-order chi connectivity index (χ1) is 12.8. The molecule has 0 aromatic heterocycles. The van der Waals surface area contributed by atoms with Crippen molar-refractivity contribution < 1.29 is 17.9 Å². The molecule has 27 heavy (non-hydrogen) atoms. The number of sulfonamides is 1. The van der Waals surface area contributed by atoms with E-state index in [9.17, 15) is 8.42 Å². The molecule has 0 unspecified atom stereocenters. The highest BCUT2D eigenvalue weighted by Crippen LogP contribution is 2.43. The molecule has 1 aliphatic rings. The predicted molar refractivity (Wildman–Crippen MR) is 106 cm³/mol. The van der Waals surface area contributed by atoms with Gasteiger partial charge in [-0.25, -0.2) is 13.1 Å². The summed E-state index contributed by atoms with van der Waals surface area (Å²) in [5, 5.41) is 0. The number of fused-ring (bicyclic) bond motifs is 1. The first kappa shape index (κ1) is 19.7. The molecule has 5 nitrogen and oxygen atoms in total. The van der Waals surface area contributed by atoms with Crippen molar-refractivity contribution in [3.05, 3.63) is 53.6 Å². The molecule has 0 saturated heterocycles. The molecule has 0 saturated carbocycles. The second-order valence-electron chi connectivity index (χ2n) is 7.04. The summed E-state index contributed by atoms with van der Waals surface area (Å²) in [6.07, 6.45) is 2.24. The van der Waals surface area contributed by atoms with Crippen molar-refractivity contribution in [3.63, 3.8) is 0 Å². The standard InChI is InChI=1S/C21H27NO4S/c1-5-21(6-2)14-18(17-9-7-8-10-20(17)26-21)22-27(23,24)16-11-12-19(25-4)15(3)13-16/h7-13,18,22H,5-6,14H2,1-4H3/t18-/m1/s1. The number of aryl methyl sites for hydroxylation is 1. The Kier molecular flexibility index (Phi) is 5.49. The van der Waals surface area contributed by atoms with E-state index in [1.807, 2.05) is 31.2 Å². The van der Waals surface area contributed by atoms with Crippen LogP contribution in [0.4, 0.5) is 0 Å². The minimum Gasteiger partial charge on any atom is -0.496 e. The SMILES string of the molecule is CCC1(CC)C[C@@H](NS(=O)(=O)c2ccc(OC)c(C)c2)c2ccccc2O1. The number of benzene rings is 2. The maximum Gasteiger partial charge on any atom is 0.241 e. The van der Waals surface area contributed by atoms with Gasteiger partial charge in [-0.2, -0.15) is 0 Å². The molecule has 2 aromatic rings. The van der Waals surface area contributed by atoms with Crippen LogP contribution in [0, 0.1) is 6.92 Å². The number of rotatable bonds is 6. The van der Waals surface area contributed by atoms with Crippen LogP contribution in [0.1, 0.15) is 50.3 Å². The zero-order valence-electron chi connectivity index (χ0n) is 16.3. The topological polar surface area (TPSA) is 64.6 Å². The van der Waals surface area contributed by atoms with Crippen LogP contribution in [-0.4, -0.2) is 21.1 Å². The summed E-state index contributed by atoms with van der Waals surface area (Å²) < 4.78 is 40.5. The fourth-order valence-corrected chi connectivity index (χ4v) is 4.98. The lowest BCUT2D eigenvalue weighted by molar-refractivity contribution is 0.0260. The molecule has 1 aliphatic heterocycles. The smallest absolute Gasteiger partial charge is 0.241 e. The van der Waals surface area contributed by atoms with Crippen LogP contribution >= 0.6 is 0 Å². The number of hydrogen-bond acceptors (Lipinski definition) is 4. The monoisotopic (exact) mass is 389 g/mol. The molecule has 1 atom stereocenters. The van der Waals surface area contributed by atoms with E-state index in [4.69, 9.17) is 9.47 Å². The fourth-order valence-electron chi connectivity index (χ4n) is 3.68. The Morgan fingerprint density at radius 3 is 2.52 bits per heavy atom. The van der Waals surface area contributed by atoms with Crippen LogP contribution in [0.3, 0.4) is 0 Å². The molecular formula is C21H27NO4S. The minimum absolute atomic E-state index is 0.239. The average molecular weight is 390 g/mol. The first-order valence-electron chi connectivity index (χ1n) is 9.29. The quantitative estimate of drug-likeness (QED) is 0.797. The van der Waals surface area contributed by atoms with Crippen LogP contribution < -0.4 is 14.2 Å². The third kappa shape index (κ3) is 3.82. The maximum absolute atomic E-state index is 13.1. The van der Waals surface area contributed by atoms with Crippen LogP contribution in [0.15, 0.2) is 47.4 Å². The molecule has 0 aliphatic carbocycles. The molecule has 3 rings (SSSR count). The first-order valence-corrected chi connectivity index (χ1v) is 10.8. The van der Waals surface area contributed by atoms with Crippen molar-refractivity contribution >= 4 is 10.0 Å². The van der Waals surface area contributed by atoms with E-state index in [0.29, 0.717) is 12.2 Å². The summed E-state index contributed by atoms with van der Waals surface area (Å²) >= 11 is 0. The van der Waals surface area contributed by atoms with E-state index < -0.39 is 10.0 Å². The van der Waals surface area contributed by atoms with Crippen LogP contribution in [0.5, 0.6) is 11.5 Å². The van der Waals surface area contributed by atoms with Gasteiger partial charge in [-0.05, 0) is 49.6 Å². The zero-order chi connectivity index (χ0) is 19.7. The molecule has 0 amide bonds. The predicted octanol–water partition coefficient (Wildman–Crippen LogP) is 4.36. The van der Waals surface area contributed by atoms with E-state index in [2.05, 4.69) is 18.6 Å². The van der Waals surface area contributed by atoms with Crippen molar-refractivity contribution in [3.8, 4) is 11.5 Å². The highest BCUT2D eigenvalue weighted by atomic mass is 32.2. The molecule has 0 bridgehead atoms. The lowest BCUT2D eigenvalue weighted by atomic mass is 9.84. The lowest BCUT2D eigenvalue weighted by Gasteiger charge is -2.41. The van der Waals surface area contributed by atoms with Gasteiger partial charge in [0.15, 0.2) is 0 Å². The summed E-state index contributed by atoms with van der Waals surface area (Å²) in [7, 11) is -2.11. The van der Waals surface area contributed by atoms with E-state index in [-0.39, 0.29) is 16.5 Å². The van der Waals surface area contributed by atoms with Crippen molar-refractivity contribution in [2.24, 2.45) is 0 Å². The largest absolute Gasteiger partial charge is 0.496 e. The molecule has 0 spiro atoms. The number of nitrogens with one attached hydrogen (secondary N) is 1. The van der Waals surface area contributed by atoms with Gasteiger partial charge in [0.05, 0.1) is 18.0 Å². The zero-order valence-corrected chi connectivity index (χ0v) is 17.1. The highest BCUT2D eigenvalue weighted by molar-refractivity contribution is 7.89. The third-order valence-electron chi connectivity index (χ3n) is 5.46. The molecule has 1 N–H and O–H groups in total. The molecule has 1 heterocycles. The van der Waals surface area contributed by atoms with Crippen molar-refractivity contribution in [2.45, 2.75) is 56.6 Å². The second-order valence-corrected chi connectivity index (χ2v) is 8.75. The Morgan fingerprint density at radius 1 is 1.19 bits per heavy atom. The van der Waals surface area contributed by atoms with Gasteiger partial charge in [0.25, 0.3) is 0 Å². The average Bonchev–Trinajstić information content (AvgIpc) is 2.67. The Morgan fingerprint density at radius 2 is 1.89 bits per heavy atom. The number of ether oxygens (including phenoxy) is 2. The van der Waals surface area contributed by atoms with Gasteiger partial charge < -0.3 is 9.47 Å². The van der Waals surface area contributed by atoms with Crippen molar-refractivity contribution in [1.82, 2.24) is 4.72 Å². The Hall–Kier alpha value is -2.05. The van der Waals surface area contributed by atoms with Crippen LogP contribution in [0.2, 0.25) is 0 Å². The van der Waals surface area contributed by atoms with Gasteiger partial charge in [-0.3, -0.25) is 0 Å². The third-order valence-corrected chi connectivity index (χ3v) is 6.93. The normalized spacial score (nSPS) is 18.4. The minimum atomic E-state index is -3.68. The summed E-state index contributed by atoms with van der Waals surface area (Å²) in [4.78, 5) is 0.239. The van der Waals surface area contributed by atoms with Gasteiger partial charge in [0, 0.05) is 12.0 Å². The van der Waals surface area contributed by atoms with E-state index in [0.717, 1.165) is 29.7 Å². The number of para-hydroxylation sites is 1. The highest BCUT2D eigenvalue weighted by Gasteiger charge is 2.40. The summed E-state index contributed by atoms with van der Waals surface area (Å²) in [5.74, 6) is 1.42. The van der Waals surface area contributed by atoms with Gasteiger partial charge in [-0.1, -0.05) is 32.0 Å². The van der Waals surface area contributed by atoms with E-state index in [1.54, 1.807) is 25.3 Å². The molecule has 2 aromatic carbocycles. The molecule has 0 radical (unpaired) electrons. The van der Waals surface area contributed by atoms with Gasteiger partial charge >= 0.3 is 0 Å². The lowest BCUT2D eigenvalue weighted by Crippen LogP contribution is -2.44.